The third-order valence-corrected chi connectivity index (χ3v) is 4.39. The van der Waals surface area contributed by atoms with Gasteiger partial charge >= 0.3 is 5.97 Å². The number of hydrogen-bond donors (Lipinski definition) is 1. The number of esters is 1. The number of carbonyl (C=O) groups is 2. The Morgan fingerprint density at radius 1 is 1.26 bits per heavy atom. The summed E-state index contributed by atoms with van der Waals surface area (Å²) < 4.78 is 24.6. The van der Waals surface area contributed by atoms with Gasteiger partial charge in [-0.1, -0.05) is 11.8 Å². The molecule has 10 heteroatoms. The number of nitrogens with zero attached hydrogens (tertiary/aromatic N) is 3. The number of carbonyl (C=O) groups excluding carboxylic acids is 2. The van der Waals surface area contributed by atoms with Gasteiger partial charge in [-0.15, -0.1) is 10.2 Å². The van der Waals surface area contributed by atoms with Crippen LogP contribution in [0.2, 0.25) is 0 Å². The summed E-state index contributed by atoms with van der Waals surface area (Å²) in [7, 11) is 1.29. The molecule has 0 radical (unpaired) electrons. The van der Waals surface area contributed by atoms with Crippen molar-refractivity contribution in [3.63, 3.8) is 0 Å². The van der Waals surface area contributed by atoms with Crippen LogP contribution in [-0.4, -0.2) is 39.5 Å². The lowest BCUT2D eigenvalue weighted by Gasteiger charge is -2.10. The molecule has 0 atom stereocenters. The number of ether oxygens (including phenoxy) is 1. The molecule has 0 aliphatic heterocycles. The van der Waals surface area contributed by atoms with Crippen molar-refractivity contribution >= 4 is 23.6 Å². The maximum absolute atomic E-state index is 13.3. The van der Waals surface area contributed by atoms with Gasteiger partial charge in [0, 0.05) is 5.69 Å². The van der Waals surface area contributed by atoms with E-state index in [0.29, 0.717) is 16.7 Å². The second-order valence-electron chi connectivity index (χ2n) is 5.24. The molecule has 140 valence electrons. The highest BCUT2D eigenvalue weighted by Gasteiger charge is 2.17. The van der Waals surface area contributed by atoms with Crippen LogP contribution in [0, 0.1) is 5.82 Å². The predicted molar refractivity (Wildman–Crippen MR) is 93.9 cm³/mol. The molecule has 0 fully saturated rings. The Hall–Kier alpha value is -3.14. The normalized spacial score (nSPS) is 10.6. The Morgan fingerprint density at radius 3 is 2.70 bits per heavy atom. The van der Waals surface area contributed by atoms with Gasteiger partial charge in [0.15, 0.2) is 16.7 Å². The number of hydrogen-bond acceptors (Lipinski definition) is 7. The van der Waals surface area contributed by atoms with Crippen molar-refractivity contribution < 1.29 is 23.1 Å². The van der Waals surface area contributed by atoms with Crippen molar-refractivity contribution in [1.29, 1.82) is 0 Å². The molecule has 1 N–H and O–H groups in total. The maximum atomic E-state index is 13.3. The van der Waals surface area contributed by atoms with Crippen molar-refractivity contribution in [2.45, 2.75) is 11.7 Å². The number of halogens is 1. The highest BCUT2D eigenvalue weighted by molar-refractivity contribution is 7.99. The summed E-state index contributed by atoms with van der Waals surface area (Å²) in [5, 5.41) is 11.2. The molecule has 0 saturated carbocycles. The molecular formula is C17H15FN4O4S. The van der Waals surface area contributed by atoms with Gasteiger partial charge in [-0.25, -0.2) is 4.39 Å². The van der Waals surface area contributed by atoms with Crippen LogP contribution in [0.25, 0.3) is 5.69 Å². The lowest BCUT2D eigenvalue weighted by atomic mass is 10.3. The maximum Gasteiger partial charge on any atom is 0.316 e. The first-order chi connectivity index (χ1) is 13.1. The largest absolute Gasteiger partial charge is 0.468 e. The smallest absolute Gasteiger partial charge is 0.316 e. The van der Waals surface area contributed by atoms with Gasteiger partial charge in [-0.05, 0) is 36.4 Å². The summed E-state index contributed by atoms with van der Waals surface area (Å²) in [4.78, 5) is 23.5. The summed E-state index contributed by atoms with van der Waals surface area (Å²) in [5.41, 5.74) is 0.594. The number of furan rings is 1. The molecule has 1 amide bonds. The van der Waals surface area contributed by atoms with Gasteiger partial charge in [0.2, 0.25) is 0 Å². The number of benzene rings is 1. The topological polar surface area (TPSA) is 99.2 Å². The highest BCUT2D eigenvalue weighted by atomic mass is 32.2. The number of rotatable bonds is 7. The fraction of sp³-hybridized carbons (Fsp3) is 0.176. The average molecular weight is 390 g/mol. The minimum Gasteiger partial charge on any atom is -0.468 e. The number of aromatic nitrogens is 3. The first-order valence-electron chi connectivity index (χ1n) is 7.80. The molecule has 0 unspecified atom stereocenters. The van der Waals surface area contributed by atoms with E-state index in [9.17, 15) is 14.0 Å². The van der Waals surface area contributed by atoms with E-state index in [1.807, 2.05) is 0 Å². The fourth-order valence-electron chi connectivity index (χ4n) is 2.19. The van der Waals surface area contributed by atoms with E-state index in [0.717, 1.165) is 11.8 Å². The van der Waals surface area contributed by atoms with Crippen molar-refractivity contribution in [2.75, 3.05) is 12.9 Å². The Bertz CT molecular complexity index is 925. The van der Waals surface area contributed by atoms with Gasteiger partial charge in [0.25, 0.3) is 5.91 Å². The Balaban J connectivity index is 1.83. The van der Waals surface area contributed by atoms with Crippen LogP contribution in [0.15, 0.2) is 52.2 Å². The second-order valence-corrected chi connectivity index (χ2v) is 6.18. The van der Waals surface area contributed by atoms with E-state index in [-0.39, 0.29) is 23.9 Å². The van der Waals surface area contributed by atoms with Crippen LogP contribution < -0.4 is 5.32 Å². The average Bonchev–Trinajstić information content (AvgIpc) is 3.35. The lowest BCUT2D eigenvalue weighted by Crippen LogP contribution is -2.24. The van der Waals surface area contributed by atoms with Crippen molar-refractivity contribution in [1.82, 2.24) is 20.1 Å². The SMILES string of the molecule is COC(=O)CSc1nnc(CNC(=O)c2ccco2)n1-c1ccc(F)cc1. The van der Waals surface area contributed by atoms with Crippen LogP contribution in [0.5, 0.6) is 0 Å². The molecule has 3 rings (SSSR count). The molecule has 0 aliphatic carbocycles. The van der Waals surface area contributed by atoms with Crippen molar-refractivity contribution in [3.05, 3.63) is 60.1 Å². The van der Waals surface area contributed by atoms with Crippen LogP contribution in [0.4, 0.5) is 4.39 Å². The number of methoxy groups -OCH3 is 1. The van der Waals surface area contributed by atoms with Gasteiger partial charge in [-0.2, -0.15) is 0 Å². The molecule has 1 aromatic carbocycles. The van der Waals surface area contributed by atoms with Gasteiger partial charge in [0.05, 0.1) is 25.7 Å². The molecular weight excluding hydrogens is 375 g/mol. The molecule has 27 heavy (non-hydrogen) atoms. The second kappa shape index (κ2) is 8.49. The van der Waals surface area contributed by atoms with Crippen LogP contribution >= 0.6 is 11.8 Å². The standard InChI is InChI=1S/C17H15FN4O4S/c1-25-15(23)10-27-17-21-20-14(9-19-16(24)13-3-2-8-26-13)22(17)12-6-4-11(18)5-7-12/h2-8H,9-10H2,1H3,(H,19,24). The molecule has 2 aromatic heterocycles. The van der Waals surface area contributed by atoms with E-state index >= 15 is 0 Å². The van der Waals surface area contributed by atoms with E-state index < -0.39 is 11.9 Å². The zero-order valence-electron chi connectivity index (χ0n) is 14.2. The number of amides is 1. The Kier molecular flexibility index (Phi) is 5.87. The van der Waals surface area contributed by atoms with Crippen molar-refractivity contribution in [3.8, 4) is 5.69 Å². The molecule has 0 saturated heterocycles. The number of nitrogens with one attached hydrogen (secondary N) is 1. The molecule has 2 heterocycles. The van der Waals surface area contributed by atoms with E-state index in [2.05, 4.69) is 20.3 Å². The third-order valence-electron chi connectivity index (χ3n) is 3.48. The summed E-state index contributed by atoms with van der Waals surface area (Å²) >= 11 is 1.12. The van der Waals surface area contributed by atoms with Gasteiger partial charge in [-0.3, -0.25) is 14.2 Å². The molecule has 0 bridgehead atoms. The monoisotopic (exact) mass is 390 g/mol. The molecule has 0 aliphatic rings. The number of thioether (sulfide) groups is 1. The zero-order chi connectivity index (χ0) is 19.2. The minimum absolute atomic E-state index is 0.0363. The zero-order valence-corrected chi connectivity index (χ0v) is 15.0. The first kappa shape index (κ1) is 18.6. The fourth-order valence-corrected chi connectivity index (χ4v) is 3.00. The van der Waals surface area contributed by atoms with Crippen LogP contribution in [0.3, 0.4) is 0 Å². The summed E-state index contributed by atoms with van der Waals surface area (Å²) in [6.07, 6.45) is 1.40. The summed E-state index contributed by atoms with van der Waals surface area (Å²) in [5.74, 6) is -0.590. The van der Waals surface area contributed by atoms with Crippen molar-refractivity contribution in [2.24, 2.45) is 0 Å². The minimum atomic E-state index is -0.415. The first-order valence-corrected chi connectivity index (χ1v) is 8.78. The van der Waals surface area contributed by atoms with E-state index in [1.165, 1.54) is 31.6 Å². The summed E-state index contributed by atoms with van der Waals surface area (Å²) in [6, 6.07) is 8.86. The van der Waals surface area contributed by atoms with Crippen LogP contribution in [0.1, 0.15) is 16.4 Å². The molecule has 3 aromatic rings. The molecule has 0 spiro atoms. The van der Waals surface area contributed by atoms with Gasteiger partial charge in [0.1, 0.15) is 5.82 Å². The quantitative estimate of drug-likeness (QED) is 0.488. The van der Waals surface area contributed by atoms with Crippen LogP contribution in [-0.2, 0) is 16.1 Å². The van der Waals surface area contributed by atoms with E-state index in [4.69, 9.17) is 4.42 Å². The Labute approximate surface area is 157 Å². The highest BCUT2D eigenvalue weighted by Crippen LogP contribution is 2.22. The lowest BCUT2D eigenvalue weighted by molar-refractivity contribution is -0.137. The Morgan fingerprint density at radius 2 is 2.04 bits per heavy atom. The van der Waals surface area contributed by atoms with E-state index in [1.54, 1.807) is 22.8 Å². The predicted octanol–water partition coefficient (Wildman–Crippen LogP) is 2.19. The summed E-state index contributed by atoms with van der Waals surface area (Å²) in [6.45, 7) is 0.0582. The molecule has 8 nitrogen and oxygen atoms in total. The van der Waals surface area contributed by atoms with Gasteiger partial charge < -0.3 is 14.5 Å². The third kappa shape index (κ3) is 4.53.